The van der Waals surface area contributed by atoms with Crippen LogP contribution in [-0.4, -0.2) is 33.4 Å². The van der Waals surface area contributed by atoms with Crippen molar-refractivity contribution in [3.05, 3.63) is 5.01 Å². The van der Waals surface area contributed by atoms with Crippen LogP contribution in [0.5, 0.6) is 0 Å². The van der Waals surface area contributed by atoms with Gasteiger partial charge in [-0.15, -0.1) is 10.2 Å². The lowest BCUT2D eigenvalue weighted by Crippen LogP contribution is -2.38. The highest BCUT2D eigenvalue weighted by molar-refractivity contribution is 7.16. The first-order valence-corrected chi connectivity index (χ1v) is 6.04. The van der Waals surface area contributed by atoms with Crippen LogP contribution in [0.3, 0.4) is 0 Å². The number of amides is 1. The molecule has 0 radical (unpaired) electrons. The maximum absolute atomic E-state index is 11.7. The normalized spacial score (nSPS) is 25.3. The van der Waals surface area contributed by atoms with Crippen molar-refractivity contribution in [3.63, 3.8) is 0 Å². The summed E-state index contributed by atoms with van der Waals surface area (Å²) >= 11 is 1.08. The van der Waals surface area contributed by atoms with E-state index in [0.29, 0.717) is 10.1 Å². The van der Waals surface area contributed by atoms with E-state index in [0.717, 1.165) is 37.0 Å². The Hall–Kier alpha value is -1.21. The number of carbonyl (C=O) groups is 1. The minimum atomic E-state index is -0.226. The van der Waals surface area contributed by atoms with E-state index in [-0.39, 0.29) is 18.1 Å². The maximum Gasteiger partial charge on any atom is 0.282 e. The predicted molar refractivity (Wildman–Crippen MR) is 60.1 cm³/mol. The van der Waals surface area contributed by atoms with Crippen LogP contribution >= 0.6 is 11.3 Å². The van der Waals surface area contributed by atoms with Crippen LogP contribution in [0.2, 0.25) is 0 Å². The number of aliphatic hydroxyl groups is 1. The molecule has 0 atom stereocenters. The number of aliphatic hydroxyl groups excluding tert-OH is 1. The molecule has 1 fully saturated rings. The van der Waals surface area contributed by atoms with Crippen LogP contribution in [0.25, 0.3) is 0 Å². The van der Waals surface area contributed by atoms with Gasteiger partial charge in [0.2, 0.25) is 10.1 Å². The summed E-state index contributed by atoms with van der Waals surface area (Å²) in [5, 5.41) is 20.1. The van der Waals surface area contributed by atoms with Crippen molar-refractivity contribution in [2.45, 2.75) is 37.8 Å². The molecule has 1 aliphatic rings. The molecule has 4 N–H and O–H groups in total. The lowest BCUT2D eigenvalue weighted by atomic mass is 9.93. The molecular weight excluding hydrogens is 228 g/mol. The number of nitrogens with one attached hydrogen (secondary N) is 1. The summed E-state index contributed by atoms with van der Waals surface area (Å²) in [6, 6.07) is 0.126. The molecule has 1 amide bonds. The van der Waals surface area contributed by atoms with Gasteiger partial charge < -0.3 is 16.2 Å². The molecule has 0 aliphatic heterocycles. The number of nitrogen functional groups attached to an aromatic ring is 1. The lowest BCUT2D eigenvalue weighted by molar-refractivity contribution is 0.0866. The predicted octanol–water partition coefficient (Wildman–Crippen LogP) is 0.154. The van der Waals surface area contributed by atoms with Gasteiger partial charge in [-0.3, -0.25) is 4.79 Å². The number of hydrogen-bond acceptors (Lipinski definition) is 6. The Labute approximate surface area is 96.9 Å². The van der Waals surface area contributed by atoms with Crippen molar-refractivity contribution >= 4 is 22.4 Å². The minimum Gasteiger partial charge on any atom is -0.393 e. The summed E-state index contributed by atoms with van der Waals surface area (Å²) in [6.07, 6.45) is 2.87. The van der Waals surface area contributed by atoms with Gasteiger partial charge in [-0.2, -0.15) is 0 Å². The van der Waals surface area contributed by atoms with Crippen molar-refractivity contribution in [2.24, 2.45) is 0 Å². The molecule has 0 unspecified atom stereocenters. The number of anilines is 1. The van der Waals surface area contributed by atoms with Crippen molar-refractivity contribution in [1.29, 1.82) is 0 Å². The molecule has 2 rings (SSSR count). The van der Waals surface area contributed by atoms with E-state index < -0.39 is 0 Å². The van der Waals surface area contributed by atoms with Gasteiger partial charge in [0, 0.05) is 6.04 Å². The zero-order valence-electron chi connectivity index (χ0n) is 8.72. The van der Waals surface area contributed by atoms with Crippen LogP contribution in [0, 0.1) is 0 Å². The Kier molecular flexibility index (Phi) is 3.35. The highest BCUT2D eigenvalue weighted by atomic mass is 32.1. The molecule has 0 saturated heterocycles. The SMILES string of the molecule is Nc1nnc(C(=O)NC2CCC(O)CC2)s1. The average molecular weight is 242 g/mol. The molecule has 0 bridgehead atoms. The molecule has 6 nitrogen and oxygen atoms in total. The quantitative estimate of drug-likeness (QED) is 0.685. The van der Waals surface area contributed by atoms with Crippen molar-refractivity contribution in [2.75, 3.05) is 5.73 Å². The monoisotopic (exact) mass is 242 g/mol. The maximum atomic E-state index is 11.7. The van der Waals surface area contributed by atoms with Crippen LogP contribution in [-0.2, 0) is 0 Å². The summed E-state index contributed by atoms with van der Waals surface area (Å²) < 4.78 is 0. The van der Waals surface area contributed by atoms with Crippen LogP contribution in [0.15, 0.2) is 0 Å². The van der Waals surface area contributed by atoms with Gasteiger partial charge in [0.1, 0.15) is 0 Å². The molecule has 1 aromatic heterocycles. The number of hydrogen-bond donors (Lipinski definition) is 3. The third kappa shape index (κ3) is 2.67. The second-order valence-corrected chi connectivity index (χ2v) is 4.93. The zero-order chi connectivity index (χ0) is 11.5. The third-order valence-corrected chi connectivity index (χ3v) is 3.42. The van der Waals surface area contributed by atoms with E-state index in [1.807, 2.05) is 0 Å². The topological polar surface area (TPSA) is 101 Å². The minimum absolute atomic E-state index is 0.126. The molecule has 88 valence electrons. The van der Waals surface area contributed by atoms with E-state index in [1.54, 1.807) is 0 Å². The molecule has 7 heteroatoms. The third-order valence-electron chi connectivity index (χ3n) is 2.67. The van der Waals surface area contributed by atoms with E-state index >= 15 is 0 Å². The average Bonchev–Trinajstić information content (AvgIpc) is 2.68. The second kappa shape index (κ2) is 4.75. The van der Waals surface area contributed by atoms with E-state index in [9.17, 15) is 9.90 Å². The van der Waals surface area contributed by atoms with Crippen molar-refractivity contribution < 1.29 is 9.90 Å². The number of carbonyl (C=O) groups excluding carboxylic acids is 1. The van der Waals surface area contributed by atoms with Gasteiger partial charge in [-0.1, -0.05) is 11.3 Å². The molecule has 1 aliphatic carbocycles. The first kappa shape index (κ1) is 11.3. The Balaban J connectivity index is 1.88. The molecular formula is C9H14N4O2S. The Morgan fingerprint density at radius 2 is 2.06 bits per heavy atom. The molecule has 16 heavy (non-hydrogen) atoms. The number of nitrogens with two attached hydrogens (primary N) is 1. The van der Waals surface area contributed by atoms with Crippen LogP contribution in [0.4, 0.5) is 5.13 Å². The molecule has 0 aromatic carbocycles. The summed E-state index contributed by atoms with van der Waals surface area (Å²) in [4.78, 5) is 11.7. The fourth-order valence-electron chi connectivity index (χ4n) is 1.79. The Morgan fingerprint density at radius 3 is 2.62 bits per heavy atom. The molecule has 1 saturated carbocycles. The Morgan fingerprint density at radius 1 is 1.38 bits per heavy atom. The standard InChI is InChI=1S/C9H14N4O2S/c10-9-13-12-8(16-9)7(15)11-5-1-3-6(14)4-2-5/h5-6,14H,1-4H2,(H2,10,13)(H,11,15). The lowest BCUT2D eigenvalue weighted by Gasteiger charge is -2.25. The fourth-order valence-corrected chi connectivity index (χ4v) is 2.31. The first-order valence-electron chi connectivity index (χ1n) is 5.23. The summed E-state index contributed by atoms with van der Waals surface area (Å²) in [5.74, 6) is -0.226. The second-order valence-electron chi connectivity index (χ2n) is 3.92. The molecule has 0 spiro atoms. The highest BCUT2D eigenvalue weighted by Gasteiger charge is 2.22. The van der Waals surface area contributed by atoms with E-state index in [2.05, 4.69) is 15.5 Å². The van der Waals surface area contributed by atoms with Gasteiger partial charge in [-0.25, -0.2) is 0 Å². The van der Waals surface area contributed by atoms with Gasteiger partial charge in [0.05, 0.1) is 6.10 Å². The van der Waals surface area contributed by atoms with Gasteiger partial charge in [0.25, 0.3) is 5.91 Å². The van der Waals surface area contributed by atoms with Crippen LogP contribution in [0.1, 0.15) is 35.5 Å². The molecule has 1 aromatic rings. The van der Waals surface area contributed by atoms with Crippen molar-refractivity contribution in [3.8, 4) is 0 Å². The van der Waals surface area contributed by atoms with Gasteiger partial charge in [0.15, 0.2) is 0 Å². The summed E-state index contributed by atoms with van der Waals surface area (Å²) in [6.45, 7) is 0. The smallest absolute Gasteiger partial charge is 0.282 e. The summed E-state index contributed by atoms with van der Waals surface area (Å²) in [7, 11) is 0. The number of nitrogens with zero attached hydrogens (tertiary/aromatic N) is 2. The number of rotatable bonds is 2. The zero-order valence-corrected chi connectivity index (χ0v) is 9.54. The summed E-state index contributed by atoms with van der Waals surface area (Å²) in [5.41, 5.74) is 5.40. The largest absolute Gasteiger partial charge is 0.393 e. The van der Waals surface area contributed by atoms with Gasteiger partial charge in [-0.05, 0) is 25.7 Å². The van der Waals surface area contributed by atoms with Crippen LogP contribution < -0.4 is 11.1 Å². The van der Waals surface area contributed by atoms with E-state index in [4.69, 9.17) is 5.73 Å². The highest BCUT2D eigenvalue weighted by Crippen LogP contribution is 2.19. The number of aromatic nitrogens is 2. The first-order chi connectivity index (χ1) is 7.65. The Bertz CT molecular complexity index is 373. The fraction of sp³-hybridized carbons (Fsp3) is 0.667. The van der Waals surface area contributed by atoms with Crippen molar-refractivity contribution in [1.82, 2.24) is 15.5 Å². The molecule has 1 heterocycles. The van der Waals surface area contributed by atoms with Gasteiger partial charge >= 0.3 is 0 Å². The van der Waals surface area contributed by atoms with E-state index in [1.165, 1.54) is 0 Å².